The largest absolute Gasteiger partial charge is 0.469 e. The maximum absolute atomic E-state index is 10.8. The topological polar surface area (TPSA) is 56.3 Å². The Kier molecular flexibility index (Phi) is 5.07. The summed E-state index contributed by atoms with van der Waals surface area (Å²) in [6.07, 6.45) is 0.985. The van der Waals surface area contributed by atoms with Gasteiger partial charge in [-0.05, 0) is 0 Å². The van der Waals surface area contributed by atoms with Crippen LogP contribution in [0.25, 0.3) is 0 Å². The lowest BCUT2D eigenvalue weighted by molar-refractivity contribution is -0.140. The van der Waals surface area contributed by atoms with Crippen LogP contribution in [0.1, 0.15) is 16.1 Å². The summed E-state index contributed by atoms with van der Waals surface area (Å²) < 4.78 is 5.17. The number of thioether (sulfide) groups is 1. The molecule has 0 aliphatic rings. The molecule has 0 atom stereocenters. The summed E-state index contributed by atoms with van der Waals surface area (Å²) >= 11 is 8.27. The number of thiazole rings is 1. The maximum Gasteiger partial charge on any atom is 0.306 e. The number of carbonyl (C=O) groups is 2. The first-order valence-corrected chi connectivity index (χ1v) is 6.16. The molecular weight excluding hydrogens is 258 g/mol. The third-order valence-electron chi connectivity index (χ3n) is 1.46. The molecule has 0 radical (unpaired) electrons. The Morgan fingerprint density at radius 3 is 3.00 bits per heavy atom. The number of aromatic nitrogens is 1. The van der Waals surface area contributed by atoms with Crippen LogP contribution in [0.2, 0.25) is 5.15 Å². The molecule has 7 heteroatoms. The fourth-order valence-corrected chi connectivity index (χ4v) is 2.95. The van der Waals surface area contributed by atoms with Gasteiger partial charge in [0.25, 0.3) is 0 Å². The highest BCUT2D eigenvalue weighted by Gasteiger charge is 2.09. The van der Waals surface area contributed by atoms with Gasteiger partial charge in [-0.25, -0.2) is 4.98 Å². The lowest BCUT2D eigenvalue weighted by atomic mass is 10.5. The second-order valence-corrected chi connectivity index (χ2v) is 5.16. The van der Waals surface area contributed by atoms with Gasteiger partial charge in [0.15, 0.2) is 15.8 Å². The summed E-state index contributed by atoms with van der Waals surface area (Å²) in [5, 5.41) is 0.218. The van der Waals surface area contributed by atoms with Crippen LogP contribution in [0.15, 0.2) is 4.34 Å². The molecule has 0 aromatic carbocycles. The molecule has 0 aliphatic heterocycles. The molecule has 0 amide bonds. The Labute approximate surface area is 100.0 Å². The van der Waals surface area contributed by atoms with E-state index in [4.69, 9.17) is 11.6 Å². The number of aldehydes is 1. The van der Waals surface area contributed by atoms with E-state index in [1.807, 2.05) is 0 Å². The van der Waals surface area contributed by atoms with Gasteiger partial charge >= 0.3 is 5.97 Å². The van der Waals surface area contributed by atoms with Crippen LogP contribution < -0.4 is 0 Å². The number of halogens is 1. The van der Waals surface area contributed by atoms with Crippen molar-refractivity contribution in [3.05, 3.63) is 10.0 Å². The molecule has 1 rings (SSSR count). The van der Waals surface area contributed by atoms with Crippen molar-refractivity contribution < 1.29 is 14.3 Å². The number of carbonyl (C=O) groups excluding carboxylic acids is 2. The Hall–Kier alpha value is -0.590. The van der Waals surface area contributed by atoms with E-state index in [0.717, 1.165) is 0 Å². The molecule has 82 valence electrons. The van der Waals surface area contributed by atoms with E-state index in [1.165, 1.54) is 30.2 Å². The molecule has 0 saturated carbocycles. The van der Waals surface area contributed by atoms with Gasteiger partial charge in [-0.15, -0.1) is 11.3 Å². The number of methoxy groups -OCH3 is 1. The van der Waals surface area contributed by atoms with Crippen molar-refractivity contribution in [3.8, 4) is 0 Å². The smallest absolute Gasteiger partial charge is 0.306 e. The zero-order valence-corrected chi connectivity index (χ0v) is 10.2. The third-order valence-corrected chi connectivity index (χ3v) is 3.98. The second kappa shape index (κ2) is 6.09. The van der Waals surface area contributed by atoms with Crippen molar-refractivity contribution >= 4 is 47.0 Å². The van der Waals surface area contributed by atoms with Crippen molar-refractivity contribution in [3.63, 3.8) is 0 Å². The molecule has 0 bridgehead atoms. The average molecular weight is 266 g/mol. The summed E-state index contributed by atoms with van der Waals surface area (Å²) in [6.45, 7) is 0. The minimum Gasteiger partial charge on any atom is -0.469 e. The van der Waals surface area contributed by atoms with Crippen LogP contribution in [0.3, 0.4) is 0 Å². The van der Waals surface area contributed by atoms with Crippen molar-refractivity contribution in [2.24, 2.45) is 0 Å². The van der Waals surface area contributed by atoms with E-state index in [2.05, 4.69) is 9.72 Å². The van der Waals surface area contributed by atoms with Gasteiger partial charge in [0, 0.05) is 5.75 Å². The molecule has 0 unspecified atom stereocenters. The minimum atomic E-state index is -0.263. The highest BCUT2D eigenvalue weighted by molar-refractivity contribution is 8.01. The van der Waals surface area contributed by atoms with Crippen LogP contribution in [-0.4, -0.2) is 30.1 Å². The fourth-order valence-electron chi connectivity index (χ4n) is 0.752. The van der Waals surface area contributed by atoms with Crippen LogP contribution in [0.4, 0.5) is 0 Å². The van der Waals surface area contributed by atoms with Gasteiger partial charge in [0.1, 0.15) is 4.88 Å². The summed E-state index contributed by atoms with van der Waals surface area (Å²) in [5.74, 6) is 0.301. The maximum atomic E-state index is 10.8. The van der Waals surface area contributed by atoms with E-state index in [-0.39, 0.29) is 11.1 Å². The molecule has 15 heavy (non-hydrogen) atoms. The number of rotatable bonds is 5. The highest BCUT2D eigenvalue weighted by Crippen LogP contribution is 2.29. The molecule has 0 aliphatic carbocycles. The minimum absolute atomic E-state index is 0.218. The first kappa shape index (κ1) is 12.5. The van der Waals surface area contributed by atoms with Crippen LogP contribution in [-0.2, 0) is 9.53 Å². The van der Waals surface area contributed by atoms with E-state index in [0.29, 0.717) is 27.7 Å². The molecular formula is C8H8ClNO3S2. The van der Waals surface area contributed by atoms with Gasteiger partial charge in [0.05, 0.1) is 13.5 Å². The Morgan fingerprint density at radius 1 is 1.73 bits per heavy atom. The Bertz CT molecular complexity index is 367. The SMILES string of the molecule is COC(=O)CCSc1nc(Cl)c(C=O)s1. The molecule has 1 aromatic heterocycles. The monoisotopic (exact) mass is 265 g/mol. The van der Waals surface area contributed by atoms with Crippen molar-refractivity contribution in [1.29, 1.82) is 0 Å². The molecule has 1 aromatic rings. The van der Waals surface area contributed by atoms with Crippen molar-refractivity contribution in [1.82, 2.24) is 4.98 Å². The summed E-state index contributed by atoms with van der Waals surface area (Å²) in [4.78, 5) is 25.6. The van der Waals surface area contributed by atoms with Crippen molar-refractivity contribution in [2.75, 3.05) is 12.9 Å². The van der Waals surface area contributed by atoms with E-state index < -0.39 is 0 Å². The molecule has 4 nitrogen and oxygen atoms in total. The number of ether oxygens (including phenoxy) is 1. The first-order valence-electron chi connectivity index (χ1n) is 3.98. The quantitative estimate of drug-likeness (QED) is 0.464. The van der Waals surface area contributed by atoms with E-state index >= 15 is 0 Å². The lowest BCUT2D eigenvalue weighted by Crippen LogP contribution is -2.00. The Balaban J connectivity index is 2.44. The molecule has 0 spiro atoms. The van der Waals surface area contributed by atoms with Gasteiger partial charge in [-0.1, -0.05) is 23.4 Å². The zero-order valence-electron chi connectivity index (χ0n) is 7.86. The predicted molar refractivity (Wildman–Crippen MR) is 59.9 cm³/mol. The predicted octanol–water partition coefficient (Wildman–Crippen LogP) is 2.26. The zero-order chi connectivity index (χ0) is 11.3. The van der Waals surface area contributed by atoms with Crippen LogP contribution >= 0.6 is 34.7 Å². The lowest BCUT2D eigenvalue weighted by Gasteiger charge is -1.96. The highest BCUT2D eigenvalue weighted by atomic mass is 35.5. The molecule has 0 N–H and O–H groups in total. The Morgan fingerprint density at radius 2 is 2.47 bits per heavy atom. The molecule has 1 heterocycles. The summed E-state index contributed by atoms with van der Waals surface area (Å²) in [5.41, 5.74) is 0. The third kappa shape index (κ3) is 3.81. The van der Waals surface area contributed by atoms with Gasteiger partial charge < -0.3 is 4.74 Å². The van der Waals surface area contributed by atoms with E-state index in [1.54, 1.807) is 0 Å². The van der Waals surface area contributed by atoms with Crippen LogP contribution in [0.5, 0.6) is 0 Å². The van der Waals surface area contributed by atoms with Crippen LogP contribution in [0, 0.1) is 0 Å². The molecule has 0 saturated heterocycles. The van der Waals surface area contributed by atoms with Gasteiger partial charge in [-0.2, -0.15) is 0 Å². The standard InChI is InChI=1S/C8H8ClNO3S2/c1-13-6(12)2-3-14-8-10-7(9)5(4-11)15-8/h4H,2-3H2,1H3. The summed E-state index contributed by atoms with van der Waals surface area (Å²) in [7, 11) is 1.34. The molecule has 0 fully saturated rings. The van der Waals surface area contributed by atoms with E-state index in [9.17, 15) is 9.59 Å². The fraction of sp³-hybridized carbons (Fsp3) is 0.375. The normalized spacial score (nSPS) is 10.0. The van der Waals surface area contributed by atoms with Crippen molar-refractivity contribution in [2.45, 2.75) is 10.8 Å². The number of hydrogen-bond acceptors (Lipinski definition) is 6. The number of hydrogen-bond donors (Lipinski definition) is 0. The number of nitrogens with zero attached hydrogens (tertiary/aromatic N) is 1. The van der Waals surface area contributed by atoms with Gasteiger partial charge in [0.2, 0.25) is 0 Å². The van der Waals surface area contributed by atoms with Gasteiger partial charge in [-0.3, -0.25) is 9.59 Å². The second-order valence-electron chi connectivity index (χ2n) is 2.43. The average Bonchev–Trinajstić information content (AvgIpc) is 2.58. The summed E-state index contributed by atoms with van der Waals surface area (Å²) in [6, 6.07) is 0. The number of esters is 1. The first-order chi connectivity index (χ1) is 7.17.